The van der Waals surface area contributed by atoms with Crippen LogP contribution in [0.25, 0.3) is 0 Å². The van der Waals surface area contributed by atoms with E-state index in [-0.39, 0.29) is 6.04 Å². The second-order valence-corrected chi connectivity index (χ2v) is 6.24. The second-order valence-electron chi connectivity index (χ2n) is 5.42. The monoisotopic (exact) mass is 356 g/mol. The van der Waals surface area contributed by atoms with Crippen LogP contribution in [0.3, 0.4) is 0 Å². The molecule has 0 bridgehead atoms. The van der Waals surface area contributed by atoms with Crippen LogP contribution in [-0.4, -0.2) is 5.11 Å². The third-order valence-electron chi connectivity index (χ3n) is 3.67. The van der Waals surface area contributed by atoms with Gasteiger partial charge in [0.25, 0.3) is 0 Å². The van der Waals surface area contributed by atoms with Gasteiger partial charge >= 0.3 is 0 Å². The number of hydrogen-bond donors (Lipinski definition) is 2. The van der Waals surface area contributed by atoms with Crippen molar-refractivity contribution in [3.8, 4) is 0 Å². The summed E-state index contributed by atoms with van der Waals surface area (Å²) >= 11 is 11.6. The van der Waals surface area contributed by atoms with Gasteiger partial charge in [0.05, 0.1) is 6.26 Å². The molecule has 3 nitrogen and oxygen atoms in total. The number of benzene rings is 2. The van der Waals surface area contributed by atoms with Crippen LogP contribution >= 0.6 is 23.8 Å². The molecule has 0 unspecified atom stereocenters. The molecule has 0 aliphatic carbocycles. The fourth-order valence-corrected chi connectivity index (χ4v) is 2.80. The zero-order valence-electron chi connectivity index (χ0n) is 13.1. The van der Waals surface area contributed by atoms with Crippen molar-refractivity contribution in [2.75, 3.05) is 5.32 Å². The van der Waals surface area contributed by atoms with Gasteiger partial charge in [-0.25, -0.2) is 0 Å². The van der Waals surface area contributed by atoms with E-state index in [1.165, 1.54) is 0 Å². The van der Waals surface area contributed by atoms with Gasteiger partial charge in [-0.2, -0.15) is 0 Å². The molecule has 0 saturated heterocycles. The molecule has 1 aromatic heterocycles. The first kappa shape index (κ1) is 16.6. The lowest BCUT2D eigenvalue weighted by atomic mass is 10.1. The van der Waals surface area contributed by atoms with Gasteiger partial charge in [0, 0.05) is 10.7 Å². The Kier molecular flexibility index (Phi) is 5.18. The molecular formula is C19H17ClN2OS. The number of nitrogens with one attached hydrogen (secondary N) is 2. The van der Waals surface area contributed by atoms with Gasteiger partial charge in [-0.3, -0.25) is 0 Å². The van der Waals surface area contributed by atoms with Crippen molar-refractivity contribution < 1.29 is 4.42 Å². The molecule has 2 aromatic carbocycles. The largest absolute Gasteiger partial charge is 0.467 e. The molecule has 5 heteroatoms. The molecule has 24 heavy (non-hydrogen) atoms. The van der Waals surface area contributed by atoms with E-state index in [0.29, 0.717) is 10.1 Å². The number of thiocarbonyl (C=S) groups is 1. The summed E-state index contributed by atoms with van der Waals surface area (Å²) in [5.41, 5.74) is 2.94. The molecule has 2 N–H and O–H groups in total. The second kappa shape index (κ2) is 7.51. The number of rotatable bonds is 4. The predicted octanol–water partition coefficient (Wildman–Crippen LogP) is 5.32. The van der Waals surface area contributed by atoms with Crippen LogP contribution in [0.4, 0.5) is 5.69 Å². The van der Waals surface area contributed by atoms with Gasteiger partial charge in [0.15, 0.2) is 5.11 Å². The van der Waals surface area contributed by atoms with E-state index in [1.807, 2.05) is 67.6 Å². The third-order valence-corrected chi connectivity index (χ3v) is 4.29. The van der Waals surface area contributed by atoms with Gasteiger partial charge in [-0.1, -0.05) is 48.0 Å². The Morgan fingerprint density at radius 3 is 2.54 bits per heavy atom. The molecule has 3 aromatic rings. The quantitative estimate of drug-likeness (QED) is 0.620. The van der Waals surface area contributed by atoms with Crippen LogP contribution in [0.5, 0.6) is 0 Å². The van der Waals surface area contributed by atoms with Crippen molar-refractivity contribution in [3.63, 3.8) is 0 Å². The summed E-state index contributed by atoms with van der Waals surface area (Å²) in [4.78, 5) is 0. The lowest BCUT2D eigenvalue weighted by Crippen LogP contribution is -2.32. The van der Waals surface area contributed by atoms with Crippen molar-refractivity contribution in [1.29, 1.82) is 0 Å². The van der Waals surface area contributed by atoms with Crippen LogP contribution in [0.1, 0.15) is 22.9 Å². The number of halogens is 1. The Labute approximate surface area is 151 Å². The highest BCUT2D eigenvalue weighted by atomic mass is 35.5. The molecule has 1 atom stereocenters. The summed E-state index contributed by atoms with van der Waals surface area (Å²) in [5.74, 6) is 0.798. The maximum absolute atomic E-state index is 6.16. The maximum Gasteiger partial charge on any atom is 0.171 e. The smallest absolute Gasteiger partial charge is 0.171 e. The molecule has 0 radical (unpaired) electrons. The number of hydrogen-bond acceptors (Lipinski definition) is 2. The minimum absolute atomic E-state index is 0.165. The zero-order chi connectivity index (χ0) is 16.9. The molecule has 0 amide bonds. The minimum atomic E-state index is -0.165. The van der Waals surface area contributed by atoms with Crippen molar-refractivity contribution in [2.24, 2.45) is 0 Å². The predicted molar refractivity (Wildman–Crippen MR) is 103 cm³/mol. The van der Waals surface area contributed by atoms with Crippen LogP contribution in [0.2, 0.25) is 5.02 Å². The highest BCUT2D eigenvalue weighted by Gasteiger charge is 2.17. The van der Waals surface area contributed by atoms with E-state index in [1.54, 1.807) is 6.26 Å². The number of anilines is 1. The van der Waals surface area contributed by atoms with Crippen molar-refractivity contribution in [3.05, 3.63) is 88.8 Å². The van der Waals surface area contributed by atoms with Crippen LogP contribution in [0.15, 0.2) is 71.3 Å². The Bertz CT molecular complexity index is 819. The van der Waals surface area contributed by atoms with E-state index in [2.05, 4.69) is 10.6 Å². The molecule has 122 valence electrons. The SMILES string of the molecule is Cc1ccc(NC(=S)N[C@H](c2ccccc2)c2ccco2)cc1Cl. The standard InChI is InChI=1S/C19H17ClN2OS/c1-13-9-10-15(12-16(13)20)21-19(24)22-18(17-8-5-11-23-17)14-6-3-2-4-7-14/h2-12,18H,1H3,(H2,21,22,24)/t18-/m1/s1. The first-order valence-electron chi connectivity index (χ1n) is 7.55. The van der Waals surface area contributed by atoms with Crippen LogP contribution in [-0.2, 0) is 0 Å². The average Bonchev–Trinajstić information content (AvgIpc) is 3.11. The Balaban J connectivity index is 1.77. The molecule has 0 aliphatic heterocycles. The fraction of sp³-hybridized carbons (Fsp3) is 0.105. The first-order chi connectivity index (χ1) is 11.6. The first-order valence-corrected chi connectivity index (χ1v) is 8.34. The van der Waals surface area contributed by atoms with E-state index in [4.69, 9.17) is 28.2 Å². The minimum Gasteiger partial charge on any atom is -0.467 e. The van der Waals surface area contributed by atoms with E-state index >= 15 is 0 Å². The molecule has 0 spiro atoms. The third kappa shape index (κ3) is 3.96. The molecule has 0 fully saturated rings. The van der Waals surface area contributed by atoms with E-state index < -0.39 is 0 Å². The average molecular weight is 357 g/mol. The van der Waals surface area contributed by atoms with Gasteiger partial charge in [0.1, 0.15) is 11.8 Å². The summed E-state index contributed by atoms with van der Waals surface area (Å²) in [5, 5.41) is 7.67. The van der Waals surface area contributed by atoms with Gasteiger partial charge in [-0.05, 0) is 54.5 Å². The van der Waals surface area contributed by atoms with E-state index in [0.717, 1.165) is 22.6 Å². The zero-order valence-corrected chi connectivity index (χ0v) is 14.7. The summed E-state index contributed by atoms with van der Waals surface area (Å²) in [6.07, 6.45) is 1.66. The van der Waals surface area contributed by atoms with Gasteiger partial charge in [0.2, 0.25) is 0 Å². The Morgan fingerprint density at radius 2 is 1.88 bits per heavy atom. The maximum atomic E-state index is 6.16. The van der Waals surface area contributed by atoms with Gasteiger partial charge < -0.3 is 15.1 Å². The Morgan fingerprint density at radius 1 is 1.08 bits per heavy atom. The Hall–Kier alpha value is -2.30. The molecule has 0 aliphatic rings. The summed E-state index contributed by atoms with van der Waals surface area (Å²) in [6.45, 7) is 1.96. The summed E-state index contributed by atoms with van der Waals surface area (Å²) < 4.78 is 5.56. The molecule has 3 rings (SSSR count). The van der Waals surface area contributed by atoms with Crippen LogP contribution < -0.4 is 10.6 Å². The summed E-state index contributed by atoms with van der Waals surface area (Å²) in [7, 11) is 0. The van der Waals surface area contributed by atoms with Crippen molar-refractivity contribution in [2.45, 2.75) is 13.0 Å². The highest BCUT2D eigenvalue weighted by Crippen LogP contribution is 2.23. The fourth-order valence-electron chi connectivity index (χ4n) is 2.39. The highest BCUT2D eigenvalue weighted by molar-refractivity contribution is 7.80. The number of aryl methyl sites for hydroxylation is 1. The number of furan rings is 1. The molecular weight excluding hydrogens is 340 g/mol. The van der Waals surface area contributed by atoms with Crippen LogP contribution in [0, 0.1) is 6.92 Å². The molecule has 1 heterocycles. The lowest BCUT2D eigenvalue weighted by Gasteiger charge is -2.20. The van der Waals surface area contributed by atoms with Crippen molar-refractivity contribution >= 4 is 34.6 Å². The lowest BCUT2D eigenvalue weighted by molar-refractivity contribution is 0.476. The van der Waals surface area contributed by atoms with Gasteiger partial charge in [-0.15, -0.1) is 0 Å². The van der Waals surface area contributed by atoms with Crippen molar-refractivity contribution in [1.82, 2.24) is 5.32 Å². The van der Waals surface area contributed by atoms with E-state index in [9.17, 15) is 0 Å². The topological polar surface area (TPSA) is 37.2 Å². The summed E-state index contributed by atoms with van der Waals surface area (Å²) in [6, 6.07) is 19.4. The normalized spacial score (nSPS) is 11.8. The molecule has 0 saturated carbocycles.